The third-order valence-electron chi connectivity index (χ3n) is 2.79. The fourth-order valence-corrected chi connectivity index (χ4v) is 1.66. The van der Waals surface area contributed by atoms with E-state index in [0.29, 0.717) is 18.5 Å². The molecule has 1 unspecified atom stereocenters. The van der Waals surface area contributed by atoms with Gasteiger partial charge in [-0.05, 0) is 30.7 Å². The summed E-state index contributed by atoms with van der Waals surface area (Å²) in [5.41, 5.74) is 1.33. The molecule has 0 saturated carbocycles. The summed E-state index contributed by atoms with van der Waals surface area (Å²) in [6, 6.07) is 6.53. The van der Waals surface area contributed by atoms with Crippen molar-refractivity contribution in [1.29, 1.82) is 0 Å². The van der Waals surface area contributed by atoms with E-state index in [-0.39, 0.29) is 17.9 Å². The number of hydrogen-bond donors (Lipinski definition) is 2. The first kappa shape index (κ1) is 15.8. The third kappa shape index (κ3) is 4.42. The van der Waals surface area contributed by atoms with Gasteiger partial charge in [0.1, 0.15) is 6.04 Å². The van der Waals surface area contributed by atoms with E-state index in [9.17, 15) is 9.59 Å². The summed E-state index contributed by atoms with van der Waals surface area (Å²) < 4.78 is 4.71. The van der Waals surface area contributed by atoms with E-state index in [4.69, 9.17) is 4.74 Å². The number of benzene rings is 1. The predicted molar refractivity (Wildman–Crippen MR) is 78.7 cm³/mol. The van der Waals surface area contributed by atoms with Crippen molar-refractivity contribution in [2.75, 3.05) is 19.0 Å². The van der Waals surface area contributed by atoms with E-state index >= 15 is 0 Å². The number of rotatable bonds is 7. The van der Waals surface area contributed by atoms with Gasteiger partial charge in [-0.15, -0.1) is 6.58 Å². The molecule has 0 aliphatic rings. The quantitative estimate of drug-likeness (QED) is 0.590. The molecule has 1 atom stereocenters. The van der Waals surface area contributed by atoms with Crippen molar-refractivity contribution in [3.63, 3.8) is 0 Å². The van der Waals surface area contributed by atoms with Crippen LogP contribution in [-0.4, -0.2) is 31.6 Å². The Bertz CT molecular complexity index is 469. The standard InChI is InChI=1S/C15H20N2O3/c1-4-10-16-14(18)11-6-8-12(9-7-11)17-13(5-2)15(19)20-3/h4,6-9,13,17H,1,5,10H2,2-3H3,(H,16,18). The monoisotopic (exact) mass is 276 g/mol. The van der Waals surface area contributed by atoms with Crippen LogP contribution in [0.1, 0.15) is 23.7 Å². The van der Waals surface area contributed by atoms with Crippen molar-refractivity contribution >= 4 is 17.6 Å². The van der Waals surface area contributed by atoms with Gasteiger partial charge in [-0.25, -0.2) is 4.79 Å². The highest BCUT2D eigenvalue weighted by molar-refractivity contribution is 5.94. The van der Waals surface area contributed by atoms with Crippen molar-refractivity contribution in [1.82, 2.24) is 5.32 Å². The lowest BCUT2D eigenvalue weighted by molar-refractivity contribution is -0.141. The molecule has 0 aromatic heterocycles. The van der Waals surface area contributed by atoms with Crippen LogP contribution in [0.15, 0.2) is 36.9 Å². The number of carbonyl (C=O) groups excluding carboxylic acids is 2. The molecule has 5 nitrogen and oxygen atoms in total. The first-order valence-electron chi connectivity index (χ1n) is 6.45. The Morgan fingerprint density at radius 3 is 2.50 bits per heavy atom. The average molecular weight is 276 g/mol. The Labute approximate surface area is 119 Å². The van der Waals surface area contributed by atoms with Gasteiger partial charge in [0, 0.05) is 17.8 Å². The Balaban J connectivity index is 2.68. The third-order valence-corrected chi connectivity index (χ3v) is 2.79. The Morgan fingerprint density at radius 2 is 2.00 bits per heavy atom. The molecule has 5 heteroatoms. The van der Waals surface area contributed by atoms with E-state index < -0.39 is 0 Å². The molecule has 0 fully saturated rings. The Morgan fingerprint density at radius 1 is 1.35 bits per heavy atom. The fraction of sp³-hybridized carbons (Fsp3) is 0.333. The highest BCUT2D eigenvalue weighted by Gasteiger charge is 2.16. The molecule has 0 aliphatic carbocycles. The SMILES string of the molecule is C=CCNC(=O)c1ccc(NC(CC)C(=O)OC)cc1. The topological polar surface area (TPSA) is 67.4 Å². The Hall–Kier alpha value is -2.30. The summed E-state index contributed by atoms with van der Waals surface area (Å²) in [6.07, 6.45) is 2.24. The maximum absolute atomic E-state index is 11.7. The van der Waals surface area contributed by atoms with Crippen molar-refractivity contribution in [3.05, 3.63) is 42.5 Å². The van der Waals surface area contributed by atoms with Gasteiger partial charge in [0.05, 0.1) is 7.11 Å². The summed E-state index contributed by atoms with van der Waals surface area (Å²) in [5.74, 6) is -0.461. The van der Waals surface area contributed by atoms with Crippen LogP contribution in [0.4, 0.5) is 5.69 Å². The van der Waals surface area contributed by atoms with Crippen LogP contribution < -0.4 is 10.6 Å². The van der Waals surface area contributed by atoms with Crippen LogP contribution in [0.5, 0.6) is 0 Å². The first-order valence-corrected chi connectivity index (χ1v) is 6.45. The normalized spacial score (nSPS) is 11.3. The van der Waals surface area contributed by atoms with E-state index in [1.807, 2.05) is 6.92 Å². The number of anilines is 1. The maximum atomic E-state index is 11.7. The van der Waals surface area contributed by atoms with Gasteiger partial charge in [-0.2, -0.15) is 0 Å². The summed E-state index contributed by atoms with van der Waals surface area (Å²) in [7, 11) is 1.36. The summed E-state index contributed by atoms with van der Waals surface area (Å²) in [5, 5.41) is 5.76. The second kappa shape index (κ2) is 7.99. The zero-order valence-electron chi connectivity index (χ0n) is 11.8. The first-order chi connectivity index (χ1) is 9.62. The molecule has 0 aliphatic heterocycles. The van der Waals surface area contributed by atoms with E-state index in [2.05, 4.69) is 17.2 Å². The molecule has 0 spiro atoms. The van der Waals surface area contributed by atoms with Gasteiger partial charge in [0.15, 0.2) is 0 Å². The number of nitrogens with one attached hydrogen (secondary N) is 2. The van der Waals surface area contributed by atoms with Crippen molar-refractivity contribution in [3.8, 4) is 0 Å². The average Bonchev–Trinajstić information content (AvgIpc) is 2.50. The van der Waals surface area contributed by atoms with Gasteiger partial charge >= 0.3 is 5.97 Å². The van der Waals surface area contributed by atoms with Crippen LogP contribution in [0.3, 0.4) is 0 Å². The van der Waals surface area contributed by atoms with Crippen LogP contribution >= 0.6 is 0 Å². The van der Waals surface area contributed by atoms with Crippen molar-refractivity contribution in [2.45, 2.75) is 19.4 Å². The van der Waals surface area contributed by atoms with E-state index in [1.54, 1.807) is 30.3 Å². The van der Waals surface area contributed by atoms with E-state index in [0.717, 1.165) is 5.69 Å². The predicted octanol–water partition coefficient (Wildman–Crippen LogP) is 1.97. The molecule has 1 amide bonds. The molecular formula is C15H20N2O3. The van der Waals surface area contributed by atoms with Gasteiger partial charge < -0.3 is 15.4 Å². The van der Waals surface area contributed by atoms with Gasteiger partial charge in [0.25, 0.3) is 5.91 Å². The number of carbonyl (C=O) groups is 2. The molecule has 2 N–H and O–H groups in total. The number of amides is 1. The molecule has 108 valence electrons. The van der Waals surface area contributed by atoms with Crippen LogP contribution in [0.2, 0.25) is 0 Å². The lowest BCUT2D eigenvalue weighted by Gasteiger charge is -2.15. The van der Waals surface area contributed by atoms with Crippen LogP contribution in [-0.2, 0) is 9.53 Å². The highest BCUT2D eigenvalue weighted by atomic mass is 16.5. The smallest absolute Gasteiger partial charge is 0.328 e. The summed E-state index contributed by atoms with van der Waals surface area (Å²) in [6.45, 7) is 5.86. The lowest BCUT2D eigenvalue weighted by atomic mass is 10.1. The second-order valence-electron chi connectivity index (χ2n) is 4.20. The maximum Gasteiger partial charge on any atom is 0.328 e. The van der Waals surface area contributed by atoms with Crippen molar-refractivity contribution < 1.29 is 14.3 Å². The Kier molecular flexibility index (Phi) is 6.29. The molecular weight excluding hydrogens is 256 g/mol. The number of methoxy groups -OCH3 is 1. The zero-order chi connectivity index (χ0) is 15.0. The fourth-order valence-electron chi connectivity index (χ4n) is 1.66. The van der Waals surface area contributed by atoms with E-state index in [1.165, 1.54) is 7.11 Å². The molecule has 0 bridgehead atoms. The second-order valence-corrected chi connectivity index (χ2v) is 4.20. The molecule has 0 radical (unpaired) electrons. The largest absolute Gasteiger partial charge is 0.467 e. The minimum atomic E-state index is -0.388. The van der Waals surface area contributed by atoms with Crippen molar-refractivity contribution in [2.24, 2.45) is 0 Å². The minimum absolute atomic E-state index is 0.156. The van der Waals surface area contributed by atoms with Crippen LogP contribution in [0.25, 0.3) is 0 Å². The highest BCUT2D eigenvalue weighted by Crippen LogP contribution is 2.12. The lowest BCUT2D eigenvalue weighted by Crippen LogP contribution is -2.29. The molecule has 0 heterocycles. The minimum Gasteiger partial charge on any atom is -0.467 e. The molecule has 1 aromatic carbocycles. The molecule has 1 rings (SSSR count). The summed E-state index contributed by atoms with van der Waals surface area (Å²) >= 11 is 0. The summed E-state index contributed by atoms with van der Waals surface area (Å²) in [4.78, 5) is 23.2. The molecule has 1 aromatic rings. The zero-order valence-corrected chi connectivity index (χ0v) is 11.8. The molecule has 0 saturated heterocycles. The number of hydrogen-bond acceptors (Lipinski definition) is 4. The van der Waals surface area contributed by atoms with Gasteiger partial charge in [-0.1, -0.05) is 13.0 Å². The van der Waals surface area contributed by atoms with Gasteiger partial charge in [0.2, 0.25) is 0 Å². The van der Waals surface area contributed by atoms with Crippen LogP contribution in [0, 0.1) is 0 Å². The number of esters is 1. The molecule has 20 heavy (non-hydrogen) atoms. The van der Waals surface area contributed by atoms with Gasteiger partial charge in [-0.3, -0.25) is 4.79 Å². The number of ether oxygens (including phenoxy) is 1.